The Labute approximate surface area is 161 Å². The zero-order valence-corrected chi connectivity index (χ0v) is 17.4. The Balaban J connectivity index is 1.80. The number of urea groups is 1. The summed E-state index contributed by atoms with van der Waals surface area (Å²) >= 11 is 1.86. The standard InChI is InChI=1S/C20H32N2O3S/c1-6-16(4)26-17-7-8-18(15(3)11-17)22-19(23)21-13-14(2)12-20(5)24-9-10-25-20/h7-8,11,14,16H,6,9-10,12-13H2,1-5H3,(H2,21,22,23)/t14-,16-/m0/s1. The Bertz CT molecular complexity index is 603. The van der Waals surface area contributed by atoms with E-state index < -0.39 is 5.79 Å². The van der Waals surface area contributed by atoms with Gasteiger partial charge in [-0.1, -0.05) is 20.8 Å². The van der Waals surface area contributed by atoms with Crippen molar-refractivity contribution in [3.05, 3.63) is 23.8 Å². The van der Waals surface area contributed by atoms with Gasteiger partial charge >= 0.3 is 6.03 Å². The molecule has 6 heteroatoms. The van der Waals surface area contributed by atoms with Crippen LogP contribution in [0.4, 0.5) is 10.5 Å². The fraction of sp³-hybridized carbons (Fsp3) is 0.650. The van der Waals surface area contributed by atoms with Gasteiger partial charge in [0, 0.05) is 28.8 Å². The normalized spacial score (nSPS) is 18.3. The molecule has 2 N–H and O–H groups in total. The van der Waals surface area contributed by atoms with Crippen molar-refractivity contribution in [3.8, 4) is 0 Å². The number of ether oxygens (including phenoxy) is 2. The third-order valence-corrected chi connectivity index (χ3v) is 5.85. The molecule has 1 aliphatic heterocycles. The second kappa shape index (κ2) is 9.62. The van der Waals surface area contributed by atoms with Gasteiger partial charge in [-0.05, 0) is 49.9 Å². The predicted octanol–water partition coefficient (Wildman–Crippen LogP) is 4.80. The van der Waals surface area contributed by atoms with Crippen molar-refractivity contribution >= 4 is 23.5 Å². The Morgan fingerprint density at radius 3 is 2.62 bits per heavy atom. The van der Waals surface area contributed by atoms with Gasteiger partial charge in [0.15, 0.2) is 5.79 Å². The van der Waals surface area contributed by atoms with Gasteiger partial charge in [0.05, 0.1) is 13.2 Å². The Hall–Kier alpha value is -1.24. The molecule has 0 saturated carbocycles. The maximum atomic E-state index is 12.2. The van der Waals surface area contributed by atoms with Crippen molar-refractivity contribution in [2.24, 2.45) is 5.92 Å². The first-order valence-corrected chi connectivity index (χ1v) is 10.3. The Morgan fingerprint density at radius 1 is 1.31 bits per heavy atom. The molecule has 0 spiro atoms. The minimum absolute atomic E-state index is 0.180. The van der Waals surface area contributed by atoms with Crippen molar-refractivity contribution < 1.29 is 14.3 Å². The Morgan fingerprint density at radius 2 is 2.00 bits per heavy atom. The summed E-state index contributed by atoms with van der Waals surface area (Å²) in [5.41, 5.74) is 1.92. The van der Waals surface area contributed by atoms with Gasteiger partial charge in [-0.2, -0.15) is 0 Å². The monoisotopic (exact) mass is 380 g/mol. The van der Waals surface area contributed by atoms with E-state index in [1.54, 1.807) is 0 Å². The molecule has 2 amide bonds. The zero-order chi connectivity index (χ0) is 19.2. The van der Waals surface area contributed by atoms with Crippen molar-refractivity contribution in [2.75, 3.05) is 25.1 Å². The number of anilines is 1. The van der Waals surface area contributed by atoms with Crippen LogP contribution in [0.25, 0.3) is 0 Å². The summed E-state index contributed by atoms with van der Waals surface area (Å²) < 4.78 is 11.2. The van der Waals surface area contributed by atoms with Crippen LogP contribution in [0.3, 0.4) is 0 Å². The number of aryl methyl sites for hydroxylation is 1. The van der Waals surface area contributed by atoms with Crippen LogP contribution in [0.15, 0.2) is 23.1 Å². The molecule has 0 unspecified atom stereocenters. The van der Waals surface area contributed by atoms with Gasteiger partial charge in [0.2, 0.25) is 0 Å². The number of carbonyl (C=O) groups excluding carboxylic acids is 1. The summed E-state index contributed by atoms with van der Waals surface area (Å²) in [5.74, 6) is -0.253. The molecule has 0 aliphatic carbocycles. The lowest BCUT2D eigenvalue weighted by molar-refractivity contribution is -0.153. The number of nitrogens with one attached hydrogen (secondary N) is 2. The first-order valence-electron chi connectivity index (χ1n) is 9.41. The Kier molecular flexibility index (Phi) is 7.80. The molecule has 26 heavy (non-hydrogen) atoms. The van der Waals surface area contributed by atoms with Gasteiger partial charge in [-0.3, -0.25) is 0 Å². The lowest BCUT2D eigenvalue weighted by Gasteiger charge is -2.26. The summed E-state index contributed by atoms with van der Waals surface area (Å²) in [6.45, 7) is 12.3. The van der Waals surface area contributed by atoms with Crippen LogP contribution in [0.2, 0.25) is 0 Å². The van der Waals surface area contributed by atoms with Crippen LogP contribution >= 0.6 is 11.8 Å². The molecule has 1 aromatic carbocycles. The molecule has 0 radical (unpaired) electrons. The molecular formula is C20H32N2O3S. The SMILES string of the molecule is CC[C@H](C)Sc1ccc(NC(=O)NC[C@@H](C)CC2(C)OCCO2)c(C)c1. The minimum Gasteiger partial charge on any atom is -0.348 e. The van der Waals surface area contributed by atoms with E-state index in [2.05, 4.69) is 43.5 Å². The van der Waals surface area contributed by atoms with E-state index in [9.17, 15) is 4.79 Å². The number of thioether (sulfide) groups is 1. The van der Waals surface area contributed by atoms with Crippen LogP contribution in [0, 0.1) is 12.8 Å². The first-order chi connectivity index (χ1) is 12.3. The van der Waals surface area contributed by atoms with Crippen molar-refractivity contribution in [1.29, 1.82) is 0 Å². The molecule has 0 aromatic heterocycles. The molecule has 1 heterocycles. The highest BCUT2D eigenvalue weighted by molar-refractivity contribution is 7.99. The largest absolute Gasteiger partial charge is 0.348 e. The average Bonchev–Trinajstić information content (AvgIpc) is 3.01. The highest BCUT2D eigenvalue weighted by Gasteiger charge is 2.32. The van der Waals surface area contributed by atoms with Crippen molar-refractivity contribution in [3.63, 3.8) is 0 Å². The van der Waals surface area contributed by atoms with E-state index in [0.29, 0.717) is 25.0 Å². The van der Waals surface area contributed by atoms with Crippen molar-refractivity contribution in [2.45, 2.75) is 63.4 Å². The van der Waals surface area contributed by atoms with Crippen LogP contribution in [0.5, 0.6) is 0 Å². The topological polar surface area (TPSA) is 59.6 Å². The molecule has 0 bridgehead atoms. The molecular weight excluding hydrogens is 348 g/mol. The summed E-state index contributed by atoms with van der Waals surface area (Å²) in [6, 6.07) is 5.99. The fourth-order valence-corrected chi connectivity index (χ4v) is 4.00. The van der Waals surface area contributed by atoms with Gasteiger partial charge in [-0.15, -0.1) is 11.8 Å². The smallest absolute Gasteiger partial charge is 0.319 e. The van der Waals surface area contributed by atoms with E-state index in [0.717, 1.165) is 24.1 Å². The second-order valence-electron chi connectivity index (χ2n) is 7.29. The van der Waals surface area contributed by atoms with Gasteiger partial charge in [0.1, 0.15) is 0 Å². The van der Waals surface area contributed by atoms with Crippen LogP contribution in [-0.2, 0) is 9.47 Å². The molecule has 1 fully saturated rings. The average molecular weight is 381 g/mol. The number of benzene rings is 1. The van der Waals surface area contributed by atoms with Crippen LogP contribution in [-0.4, -0.2) is 36.8 Å². The van der Waals surface area contributed by atoms with Gasteiger partial charge < -0.3 is 20.1 Å². The van der Waals surface area contributed by atoms with E-state index >= 15 is 0 Å². The van der Waals surface area contributed by atoms with Gasteiger partial charge in [0.25, 0.3) is 0 Å². The lowest BCUT2D eigenvalue weighted by atomic mass is 10.0. The van der Waals surface area contributed by atoms with Gasteiger partial charge in [-0.25, -0.2) is 4.79 Å². The number of amides is 2. The van der Waals surface area contributed by atoms with E-state index in [1.165, 1.54) is 4.90 Å². The fourth-order valence-electron chi connectivity index (χ4n) is 2.98. The maximum absolute atomic E-state index is 12.2. The van der Waals surface area contributed by atoms with Crippen LogP contribution < -0.4 is 10.6 Å². The molecule has 1 aliphatic rings. The number of hydrogen-bond acceptors (Lipinski definition) is 4. The quantitative estimate of drug-likeness (QED) is 0.636. The van der Waals surface area contributed by atoms with E-state index in [4.69, 9.17) is 9.47 Å². The van der Waals surface area contributed by atoms with E-state index in [-0.39, 0.29) is 11.9 Å². The number of rotatable bonds is 8. The summed E-state index contributed by atoms with van der Waals surface area (Å²) in [7, 11) is 0. The molecule has 2 rings (SSSR count). The lowest BCUT2D eigenvalue weighted by Crippen LogP contribution is -2.36. The first kappa shape index (κ1) is 21.1. The van der Waals surface area contributed by atoms with Crippen molar-refractivity contribution in [1.82, 2.24) is 5.32 Å². The molecule has 2 atom stereocenters. The second-order valence-corrected chi connectivity index (χ2v) is 8.80. The summed E-state index contributed by atoms with van der Waals surface area (Å²) in [4.78, 5) is 13.4. The highest BCUT2D eigenvalue weighted by atomic mass is 32.2. The summed E-state index contributed by atoms with van der Waals surface area (Å²) in [6.07, 6.45) is 1.90. The summed E-state index contributed by atoms with van der Waals surface area (Å²) in [5, 5.41) is 6.47. The molecule has 146 valence electrons. The predicted molar refractivity (Wildman–Crippen MR) is 108 cm³/mol. The molecule has 1 aromatic rings. The third-order valence-electron chi connectivity index (χ3n) is 4.59. The molecule has 5 nitrogen and oxygen atoms in total. The highest BCUT2D eigenvalue weighted by Crippen LogP contribution is 2.29. The number of carbonyl (C=O) groups is 1. The molecule has 1 saturated heterocycles. The minimum atomic E-state index is -0.517. The third kappa shape index (κ3) is 6.49. The van der Waals surface area contributed by atoms with E-state index in [1.807, 2.05) is 31.7 Å². The maximum Gasteiger partial charge on any atom is 0.319 e. The zero-order valence-electron chi connectivity index (χ0n) is 16.6. The number of hydrogen-bond donors (Lipinski definition) is 2. The van der Waals surface area contributed by atoms with Crippen LogP contribution in [0.1, 0.15) is 46.1 Å².